The molecule has 0 N–H and O–H groups in total. The van der Waals surface area contributed by atoms with Gasteiger partial charge in [0.25, 0.3) is 0 Å². The van der Waals surface area contributed by atoms with Crippen LogP contribution < -0.4 is 4.74 Å². The number of benzene rings is 2. The largest absolute Gasteiger partial charge is 0.454 e. The van der Waals surface area contributed by atoms with Crippen LogP contribution in [0.2, 0.25) is 0 Å². The van der Waals surface area contributed by atoms with Crippen LogP contribution in [0.4, 0.5) is 4.39 Å². The number of hydrogen-bond acceptors (Lipinski definition) is 2. The van der Waals surface area contributed by atoms with Crippen LogP contribution in [-0.4, -0.2) is 6.29 Å². The van der Waals surface area contributed by atoms with E-state index >= 15 is 0 Å². The lowest BCUT2D eigenvalue weighted by Gasteiger charge is -2.10. The molecule has 2 aromatic rings. The van der Waals surface area contributed by atoms with E-state index < -0.39 is 5.82 Å². The van der Waals surface area contributed by atoms with Crippen LogP contribution in [0.15, 0.2) is 36.4 Å². The van der Waals surface area contributed by atoms with Crippen LogP contribution in [0.5, 0.6) is 11.5 Å². The molecule has 3 heteroatoms. The lowest BCUT2D eigenvalue weighted by atomic mass is 10.1. The van der Waals surface area contributed by atoms with Gasteiger partial charge in [-0.1, -0.05) is 12.1 Å². The normalized spacial score (nSPS) is 10.2. The Labute approximate surface area is 105 Å². The van der Waals surface area contributed by atoms with Gasteiger partial charge < -0.3 is 4.74 Å². The number of rotatable bonds is 3. The van der Waals surface area contributed by atoms with E-state index in [0.717, 1.165) is 11.1 Å². The highest BCUT2D eigenvalue weighted by molar-refractivity contribution is 5.79. The monoisotopic (exact) mass is 244 g/mol. The molecule has 0 atom stereocenters. The number of hydrogen-bond donors (Lipinski definition) is 0. The summed E-state index contributed by atoms with van der Waals surface area (Å²) in [5.74, 6) is -0.0445. The van der Waals surface area contributed by atoms with E-state index in [9.17, 15) is 9.18 Å². The van der Waals surface area contributed by atoms with Crippen LogP contribution in [0.1, 0.15) is 21.5 Å². The maximum absolute atomic E-state index is 13.6. The van der Waals surface area contributed by atoms with E-state index in [4.69, 9.17) is 4.74 Å². The van der Waals surface area contributed by atoms with Crippen molar-refractivity contribution in [3.63, 3.8) is 0 Å². The number of carbonyl (C=O) groups is 1. The van der Waals surface area contributed by atoms with Gasteiger partial charge in [-0.25, -0.2) is 4.39 Å². The van der Waals surface area contributed by atoms with Gasteiger partial charge in [0.1, 0.15) is 5.75 Å². The zero-order chi connectivity index (χ0) is 13.1. The Balaban J connectivity index is 2.42. The minimum Gasteiger partial charge on any atom is -0.454 e. The molecule has 18 heavy (non-hydrogen) atoms. The van der Waals surface area contributed by atoms with Crippen molar-refractivity contribution >= 4 is 6.29 Å². The van der Waals surface area contributed by atoms with Crippen LogP contribution >= 0.6 is 0 Å². The predicted molar refractivity (Wildman–Crippen MR) is 67.8 cm³/mol. The first-order valence-corrected chi connectivity index (χ1v) is 5.60. The van der Waals surface area contributed by atoms with Crippen LogP contribution in [0.25, 0.3) is 0 Å². The molecule has 0 amide bonds. The van der Waals surface area contributed by atoms with Crippen molar-refractivity contribution in [3.8, 4) is 11.5 Å². The summed E-state index contributed by atoms with van der Waals surface area (Å²) < 4.78 is 19.1. The molecule has 2 aromatic carbocycles. The van der Waals surface area contributed by atoms with E-state index in [1.807, 2.05) is 19.9 Å². The zero-order valence-electron chi connectivity index (χ0n) is 10.2. The molecule has 0 unspecified atom stereocenters. The van der Waals surface area contributed by atoms with Gasteiger partial charge in [0.2, 0.25) is 0 Å². The Morgan fingerprint density at radius 3 is 2.39 bits per heavy atom. The lowest BCUT2D eigenvalue weighted by Crippen LogP contribution is -1.94. The Bertz CT molecular complexity index is 571. The Morgan fingerprint density at radius 2 is 1.78 bits per heavy atom. The van der Waals surface area contributed by atoms with Crippen molar-refractivity contribution in [2.75, 3.05) is 0 Å². The third-order valence-electron chi connectivity index (χ3n) is 2.54. The standard InChI is InChI=1S/C15H13FO2/c1-10-6-11(2)8-13(7-10)18-15-12(9-17)4-3-5-14(15)16/h3-9H,1-2H3. The van der Waals surface area contributed by atoms with Crippen LogP contribution in [0, 0.1) is 19.7 Å². The van der Waals surface area contributed by atoms with Crippen molar-refractivity contribution in [2.45, 2.75) is 13.8 Å². The van der Waals surface area contributed by atoms with Crippen molar-refractivity contribution in [1.82, 2.24) is 0 Å². The molecule has 0 aliphatic rings. The number of carbonyl (C=O) groups excluding carboxylic acids is 1. The van der Waals surface area contributed by atoms with Crippen molar-refractivity contribution < 1.29 is 13.9 Å². The first-order valence-electron chi connectivity index (χ1n) is 5.60. The molecule has 0 saturated heterocycles. The van der Waals surface area contributed by atoms with Gasteiger partial charge in [-0.3, -0.25) is 4.79 Å². The Hall–Kier alpha value is -2.16. The predicted octanol–water partition coefficient (Wildman–Crippen LogP) is 4.05. The summed E-state index contributed by atoms with van der Waals surface area (Å²) in [5.41, 5.74) is 2.25. The zero-order valence-corrected chi connectivity index (χ0v) is 10.2. The van der Waals surface area contributed by atoms with E-state index in [2.05, 4.69) is 0 Å². The topological polar surface area (TPSA) is 26.3 Å². The maximum Gasteiger partial charge on any atom is 0.173 e. The summed E-state index contributed by atoms with van der Waals surface area (Å²) in [5, 5.41) is 0. The maximum atomic E-state index is 13.6. The van der Waals surface area contributed by atoms with E-state index in [1.165, 1.54) is 18.2 Å². The Kier molecular flexibility index (Phi) is 3.42. The van der Waals surface area contributed by atoms with Crippen LogP contribution in [0.3, 0.4) is 0 Å². The molecule has 0 spiro atoms. The average Bonchev–Trinajstić information content (AvgIpc) is 2.30. The number of aryl methyl sites for hydroxylation is 2. The summed E-state index contributed by atoms with van der Waals surface area (Å²) in [6.07, 6.45) is 0.584. The molecule has 0 aromatic heterocycles. The second-order valence-electron chi connectivity index (χ2n) is 4.20. The molecule has 2 rings (SSSR count). The number of halogens is 1. The number of para-hydroxylation sites is 1. The second-order valence-corrected chi connectivity index (χ2v) is 4.20. The van der Waals surface area contributed by atoms with Gasteiger partial charge in [0.05, 0.1) is 5.56 Å². The molecule has 0 saturated carbocycles. The van der Waals surface area contributed by atoms with Gasteiger partial charge in [-0.2, -0.15) is 0 Å². The van der Waals surface area contributed by atoms with Gasteiger partial charge in [-0.15, -0.1) is 0 Å². The Morgan fingerprint density at radius 1 is 1.11 bits per heavy atom. The molecule has 0 fully saturated rings. The fraction of sp³-hybridized carbons (Fsp3) is 0.133. The van der Waals surface area contributed by atoms with Gasteiger partial charge in [0, 0.05) is 0 Å². The summed E-state index contributed by atoms with van der Waals surface area (Å²) in [6, 6.07) is 9.86. The summed E-state index contributed by atoms with van der Waals surface area (Å²) >= 11 is 0. The van der Waals surface area contributed by atoms with Crippen molar-refractivity contribution in [2.24, 2.45) is 0 Å². The van der Waals surface area contributed by atoms with Gasteiger partial charge in [-0.05, 0) is 49.2 Å². The summed E-state index contributed by atoms with van der Waals surface area (Å²) in [4.78, 5) is 10.9. The van der Waals surface area contributed by atoms with Crippen LogP contribution in [-0.2, 0) is 0 Å². The summed E-state index contributed by atoms with van der Waals surface area (Å²) in [7, 11) is 0. The molecule has 92 valence electrons. The molecule has 0 aliphatic carbocycles. The van der Waals surface area contributed by atoms with E-state index in [1.54, 1.807) is 12.1 Å². The highest BCUT2D eigenvalue weighted by atomic mass is 19.1. The molecule has 0 heterocycles. The van der Waals surface area contributed by atoms with Gasteiger partial charge in [0.15, 0.2) is 17.9 Å². The second kappa shape index (κ2) is 5.00. The average molecular weight is 244 g/mol. The molecular formula is C15H13FO2. The molecule has 2 nitrogen and oxygen atoms in total. The SMILES string of the molecule is Cc1cc(C)cc(Oc2c(F)cccc2C=O)c1. The fourth-order valence-corrected chi connectivity index (χ4v) is 1.84. The first-order chi connectivity index (χ1) is 8.60. The molecule has 0 aliphatic heterocycles. The summed E-state index contributed by atoms with van der Waals surface area (Å²) in [6.45, 7) is 3.86. The van der Waals surface area contributed by atoms with Gasteiger partial charge >= 0.3 is 0 Å². The minimum absolute atomic E-state index is 0.0301. The molecular weight excluding hydrogens is 231 g/mol. The van der Waals surface area contributed by atoms with Crippen molar-refractivity contribution in [3.05, 3.63) is 58.9 Å². The quantitative estimate of drug-likeness (QED) is 0.761. The third-order valence-corrected chi connectivity index (χ3v) is 2.54. The third kappa shape index (κ3) is 2.56. The minimum atomic E-state index is -0.543. The number of ether oxygens (including phenoxy) is 1. The molecule has 0 bridgehead atoms. The van der Waals surface area contributed by atoms with E-state index in [-0.39, 0.29) is 11.3 Å². The van der Waals surface area contributed by atoms with Crippen molar-refractivity contribution in [1.29, 1.82) is 0 Å². The molecule has 0 radical (unpaired) electrons. The first kappa shape index (κ1) is 12.3. The fourth-order valence-electron chi connectivity index (χ4n) is 1.84. The highest BCUT2D eigenvalue weighted by Crippen LogP contribution is 2.28. The number of aldehydes is 1. The highest BCUT2D eigenvalue weighted by Gasteiger charge is 2.10. The lowest BCUT2D eigenvalue weighted by molar-refractivity contribution is 0.112. The van der Waals surface area contributed by atoms with E-state index in [0.29, 0.717) is 12.0 Å². The smallest absolute Gasteiger partial charge is 0.173 e.